The third kappa shape index (κ3) is 6.28. The number of hydrogen-bond acceptors (Lipinski definition) is 3. The normalized spacial score (nSPS) is 16.9. The number of nitrogens with one attached hydrogen (secondary N) is 1. The number of anilines is 1. The van der Waals surface area contributed by atoms with Crippen molar-refractivity contribution < 1.29 is 28.5 Å². The first kappa shape index (κ1) is 30.0. The topological polar surface area (TPSA) is 26.1 Å². The molecule has 1 saturated heterocycles. The fourth-order valence-corrected chi connectivity index (χ4v) is 7.57. The summed E-state index contributed by atoms with van der Waals surface area (Å²) in [7, 11) is 2.17. The van der Waals surface area contributed by atoms with Crippen molar-refractivity contribution in [2.75, 3.05) is 31.1 Å². The highest BCUT2D eigenvalue weighted by Gasteiger charge is 2.26. The van der Waals surface area contributed by atoms with E-state index in [0.29, 0.717) is 0 Å². The number of para-hydroxylation sites is 3. The summed E-state index contributed by atoms with van der Waals surface area (Å²) in [5.74, 6) is 0.877. The van der Waals surface area contributed by atoms with E-state index in [4.69, 9.17) is 0 Å². The van der Waals surface area contributed by atoms with Crippen molar-refractivity contribution in [1.82, 2.24) is 9.88 Å². The quantitative estimate of drug-likeness (QED) is 0.184. The minimum Gasteiger partial charge on any atom is -1.00 e. The molecule has 7 rings (SSSR count). The smallest absolute Gasteiger partial charge is 0.213 e. The van der Waals surface area contributed by atoms with Crippen LogP contribution in [0.5, 0.6) is 0 Å². The summed E-state index contributed by atoms with van der Waals surface area (Å²) < 4.78 is 2.30. The zero-order valence-corrected chi connectivity index (χ0v) is 27.9. The van der Waals surface area contributed by atoms with Crippen molar-refractivity contribution in [3.8, 4) is 0 Å². The van der Waals surface area contributed by atoms with Gasteiger partial charge in [-0.15, -0.1) is 0 Å². The van der Waals surface area contributed by atoms with Gasteiger partial charge in [0, 0.05) is 46.7 Å². The van der Waals surface area contributed by atoms with Gasteiger partial charge in [0.2, 0.25) is 11.2 Å². The van der Waals surface area contributed by atoms with E-state index in [1.807, 2.05) is 11.8 Å². The van der Waals surface area contributed by atoms with Crippen LogP contribution in [0.2, 0.25) is 0 Å². The first-order chi connectivity index (χ1) is 20.6. The zero-order valence-electron chi connectivity index (χ0n) is 25.0. The maximum absolute atomic E-state index is 3.40. The number of likely N-dealkylation sites (tertiary alicyclic amines) is 1. The maximum atomic E-state index is 3.40. The predicted molar refractivity (Wildman–Crippen MR) is 179 cm³/mol. The molecule has 1 N–H and O–H groups in total. The number of benzene rings is 3. The highest BCUT2D eigenvalue weighted by molar-refractivity contribution is 8.03. The first-order valence-electron chi connectivity index (χ1n) is 15.3. The molecule has 0 spiro atoms. The van der Waals surface area contributed by atoms with Crippen LogP contribution in [-0.4, -0.2) is 36.1 Å². The number of hydrogen-bond donors (Lipinski definition) is 1. The highest BCUT2D eigenvalue weighted by atomic mass is 127. The van der Waals surface area contributed by atoms with E-state index in [1.54, 1.807) is 0 Å². The van der Waals surface area contributed by atoms with Crippen LogP contribution in [0.1, 0.15) is 43.0 Å². The number of pyridine rings is 1. The number of halogens is 1. The molecule has 43 heavy (non-hydrogen) atoms. The lowest BCUT2D eigenvalue weighted by atomic mass is 9.99. The summed E-state index contributed by atoms with van der Waals surface area (Å²) in [6.07, 6.45) is 12.8. The Labute approximate surface area is 276 Å². The molecule has 4 nitrogen and oxygen atoms in total. The van der Waals surface area contributed by atoms with E-state index in [2.05, 4.69) is 137 Å². The fourth-order valence-electron chi connectivity index (χ4n) is 6.43. The first-order valence-corrected chi connectivity index (χ1v) is 16.1. The maximum Gasteiger partial charge on any atom is 0.213 e. The summed E-state index contributed by atoms with van der Waals surface area (Å²) in [6, 6.07) is 28.5. The summed E-state index contributed by atoms with van der Waals surface area (Å²) in [4.78, 5) is 9.96. The lowest BCUT2D eigenvalue weighted by Crippen LogP contribution is -3.00. The lowest BCUT2D eigenvalue weighted by molar-refractivity contribution is -0.646. The molecule has 6 heteroatoms. The molecule has 0 unspecified atom stereocenters. The van der Waals surface area contributed by atoms with Crippen LogP contribution >= 0.6 is 11.8 Å². The van der Waals surface area contributed by atoms with Crippen LogP contribution in [0, 0.1) is 5.92 Å². The van der Waals surface area contributed by atoms with Gasteiger partial charge in [0.25, 0.3) is 0 Å². The van der Waals surface area contributed by atoms with Gasteiger partial charge in [0.15, 0.2) is 0 Å². The van der Waals surface area contributed by atoms with Crippen molar-refractivity contribution >= 4 is 57.5 Å². The Balaban J connectivity index is 0.00000329. The van der Waals surface area contributed by atoms with Crippen molar-refractivity contribution in [3.05, 3.63) is 107 Å². The average Bonchev–Trinajstić information content (AvgIpc) is 3.60. The molecule has 3 aromatic carbocycles. The molecule has 2 aliphatic heterocycles. The Bertz CT molecular complexity index is 1800. The van der Waals surface area contributed by atoms with Crippen LogP contribution < -0.4 is 33.4 Å². The Kier molecular flexibility index (Phi) is 9.26. The van der Waals surface area contributed by atoms with E-state index in [9.17, 15) is 0 Å². The van der Waals surface area contributed by atoms with Gasteiger partial charge >= 0.3 is 0 Å². The summed E-state index contributed by atoms with van der Waals surface area (Å²) in [5.41, 5.74) is 7.38. The van der Waals surface area contributed by atoms with Gasteiger partial charge in [-0.3, -0.25) is 0 Å². The van der Waals surface area contributed by atoms with E-state index in [0.717, 1.165) is 12.5 Å². The molecule has 0 radical (unpaired) electrons. The van der Waals surface area contributed by atoms with Crippen molar-refractivity contribution in [2.45, 2.75) is 31.1 Å². The van der Waals surface area contributed by atoms with Gasteiger partial charge in [-0.05, 0) is 92.4 Å². The number of H-pyrrole nitrogens is 1. The second-order valence-corrected chi connectivity index (χ2v) is 12.9. The minimum absolute atomic E-state index is 0. The van der Waals surface area contributed by atoms with Gasteiger partial charge in [0.05, 0.1) is 16.1 Å². The van der Waals surface area contributed by atoms with Crippen LogP contribution in [0.15, 0.2) is 95.0 Å². The van der Waals surface area contributed by atoms with E-state index >= 15 is 0 Å². The third-order valence-corrected chi connectivity index (χ3v) is 10.1. The Morgan fingerprint density at radius 2 is 1.63 bits per heavy atom. The fraction of sp³-hybridized carbons (Fsp3) is 0.270. The molecule has 0 bridgehead atoms. The highest BCUT2D eigenvalue weighted by Crippen LogP contribution is 2.46. The number of nitrogens with zero attached hydrogens (tertiary/aromatic N) is 3. The Morgan fingerprint density at radius 1 is 0.884 bits per heavy atom. The SMILES string of the molecule is CC1CCN(CCCN2/C(=C/c3cc(/C=C/c4c[nH]c5ccccc45)[n+](C)c4ccccc34)Sc3ccccc32)CC1.[I-]. The van der Waals surface area contributed by atoms with E-state index < -0.39 is 0 Å². The summed E-state index contributed by atoms with van der Waals surface area (Å²) in [6.45, 7) is 7.10. The molecule has 0 saturated carbocycles. The number of aromatic amines is 1. The van der Waals surface area contributed by atoms with Crippen LogP contribution in [-0.2, 0) is 7.05 Å². The molecule has 1 fully saturated rings. The average molecular weight is 699 g/mol. The second-order valence-electron chi connectivity index (χ2n) is 11.8. The molecule has 2 aromatic heterocycles. The molecular weight excluding hydrogens is 659 g/mol. The number of thioether (sulfide) groups is 1. The van der Waals surface area contributed by atoms with E-state index in [1.165, 1.54) is 93.1 Å². The molecule has 0 amide bonds. The van der Waals surface area contributed by atoms with Crippen molar-refractivity contribution in [2.24, 2.45) is 13.0 Å². The second kappa shape index (κ2) is 13.3. The van der Waals surface area contributed by atoms with Crippen molar-refractivity contribution in [1.29, 1.82) is 0 Å². The molecule has 0 aliphatic carbocycles. The lowest BCUT2D eigenvalue weighted by Gasteiger charge is -2.31. The standard InChI is InChI=1S/C37H38N4S.HI/c1-27-18-22-40(23-19-27)20-9-21-41-35-14-7-8-15-36(35)42-37(41)25-29-24-30(39(2)34-13-6-4-11-32(29)34)17-16-28-26-38-33-12-5-3-10-31(28)33;/h3-8,10-17,24-27H,9,18-23H2,1-2H3;1H/b37-25-;. The molecule has 0 atom stereocenters. The van der Waals surface area contributed by atoms with Gasteiger partial charge in [-0.2, -0.15) is 4.57 Å². The van der Waals surface area contributed by atoms with Gasteiger partial charge in [0.1, 0.15) is 7.05 Å². The van der Waals surface area contributed by atoms with Crippen LogP contribution in [0.25, 0.3) is 40.0 Å². The summed E-state index contributed by atoms with van der Waals surface area (Å²) in [5, 5.41) is 3.83. The largest absolute Gasteiger partial charge is 1.00 e. The van der Waals surface area contributed by atoms with Crippen molar-refractivity contribution in [3.63, 3.8) is 0 Å². The number of aromatic nitrogens is 2. The molecule has 2 aliphatic rings. The molecule has 220 valence electrons. The Morgan fingerprint density at radius 3 is 2.49 bits per heavy atom. The Hall–Kier alpha value is -3.07. The molecule has 4 heterocycles. The van der Waals surface area contributed by atoms with Crippen LogP contribution in [0.4, 0.5) is 5.69 Å². The van der Waals surface area contributed by atoms with Gasteiger partial charge in [-0.25, -0.2) is 0 Å². The number of piperidine rings is 1. The number of fused-ring (bicyclic) bond motifs is 3. The predicted octanol–water partition coefficient (Wildman–Crippen LogP) is 5.35. The van der Waals surface area contributed by atoms with Crippen LogP contribution in [0.3, 0.4) is 0 Å². The third-order valence-electron chi connectivity index (χ3n) is 8.97. The molecule has 5 aromatic rings. The summed E-state index contributed by atoms with van der Waals surface area (Å²) >= 11 is 1.90. The zero-order chi connectivity index (χ0) is 28.5. The minimum atomic E-state index is 0. The number of aryl methyl sites for hydroxylation is 1. The van der Waals surface area contributed by atoms with Gasteiger partial charge < -0.3 is 38.8 Å². The van der Waals surface area contributed by atoms with E-state index in [-0.39, 0.29) is 24.0 Å². The van der Waals surface area contributed by atoms with Gasteiger partial charge in [-0.1, -0.05) is 61.2 Å². The monoisotopic (exact) mass is 698 g/mol. The number of rotatable bonds is 7. The molecular formula is C37H39IN4S.